The molecule has 0 fully saturated rings. The van der Waals surface area contributed by atoms with Gasteiger partial charge in [-0.15, -0.1) is 0 Å². The van der Waals surface area contributed by atoms with Crippen molar-refractivity contribution in [3.8, 4) is 0 Å². The van der Waals surface area contributed by atoms with E-state index >= 15 is 0 Å². The molecule has 0 N–H and O–H groups in total. The van der Waals surface area contributed by atoms with Gasteiger partial charge >= 0.3 is 0 Å². The van der Waals surface area contributed by atoms with Crippen LogP contribution in [0.4, 0.5) is 0 Å². The predicted octanol–water partition coefficient (Wildman–Crippen LogP) is 4.51. The van der Waals surface area contributed by atoms with Crippen LogP contribution in [0.2, 0.25) is 0 Å². The van der Waals surface area contributed by atoms with Gasteiger partial charge in [0.1, 0.15) is 0 Å². The molecule has 0 heterocycles. The van der Waals surface area contributed by atoms with Gasteiger partial charge in [-0.2, -0.15) is 0 Å². The molecule has 2 aromatic rings. The lowest BCUT2D eigenvalue weighted by molar-refractivity contribution is -0.115. The summed E-state index contributed by atoms with van der Waals surface area (Å²) in [6.07, 6.45) is 5.31. The van der Waals surface area contributed by atoms with Crippen LogP contribution in [0.3, 0.4) is 0 Å². The number of rotatable bonds is 2. The first-order valence-corrected chi connectivity index (χ1v) is 7.46. The monoisotopic (exact) mass is 276 g/mol. The lowest BCUT2D eigenvalue weighted by Crippen LogP contribution is -2.29. The van der Waals surface area contributed by atoms with Crippen molar-refractivity contribution in [2.75, 3.05) is 0 Å². The summed E-state index contributed by atoms with van der Waals surface area (Å²) in [4.78, 5) is 11.7. The predicted molar refractivity (Wildman–Crippen MR) is 86.5 cm³/mol. The van der Waals surface area contributed by atoms with Crippen LogP contribution in [-0.2, 0) is 10.2 Å². The number of carbonyl (C=O) groups is 1. The van der Waals surface area contributed by atoms with Crippen LogP contribution in [0.1, 0.15) is 35.1 Å². The van der Waals surface area contributed by atoms with Crippen LogP contribution in [-0.4, -0.2) is 5.78 Å². The van der Waals surface area contributed by atoms with Crippen LogP contribution >= 0.6 is 0 Å². The summed E-state index contributed by atoms with van der Waals surface area (Å²) in [5, 5.41) is 0. The minimum Gasteiger partial charge on any atom is -0.295 e. The third-order valence-electron chi connectivity index (χ3n) is 4.39. The molecule has 1 aliphatic carbocycles. The van der Waals surface area contributed by atoms with E-state index in [9.17, 15) is 4.79 Å². The maximum atomic E-state index is 11.7. The molecule has 0 spiro atoms. The van der Waals surface area contributed by atoms with E-state index in [0.29, 0.717) is 6.42 Å². The number of hydrogen-bond donors (Lipinski definition) is 0. The van der Waals surface area contributed by atoms with Gasteiger partial charge in [-0.05, 0) is 37.5 Å². The molecule has 106 valence electrons. The topological polar surface area (TPSA) is 17.1 Å². The van der Waals surface area contributed by atoms with E-state index in [0.717, 1.165) is 6.42 Å². The van der Waals surface area contributed by atoms with Crippen molar-refractivity contribution < 1.29 is 4.79 Å². The lowest BCUT2D eigenvalue weighted by Gasteiger charge is -2.34. The summed E-state index contributed by atoms with van der Waals surface area (Å²) < 4.78 is 0. The Morgan fingerprint density at radius 2 is 1.48 bits per heavy atom. The standard InChI is InChI=1S/C20H20O/c1-15-5-3-7-17(13-15)20(11-9-19(21)10-12-20)18-8-4-6-16(2)14-18/h3-9,11,13-14H,10,12H2,1-2H3. The molecule has 0 bridgehead atoms. The molecule has 0 radical (unpaired) electrons. The van der Waals surface area contributed by atoms with Crippen molar-refractivity contribution in [1.82, 2.24) is 0 Å². The Labute approximate surface area is 126 Å². The van der Waals surface area contributed by atoms with E-state index < -0.39 is 0 Å². The van der Waals surface area contributed by atoms with E-state index in [1.807, 2.05) is 0 Å². The lowest BCUT2D eigenvalue weighted by atomic mass is 9.68. The fraction of sp³-hybridized carbons (Fsp3) is 0.250. The van der Waals surface area contributed by atoms with Gasteiger partial charge in [-0.3, -0.25) is 4.79 Å². The molecule has 0 saturated carbocycles. The Bertz CT molecular complexity index is 664. The first-order chi connectivity index (χ1) is 10.1. The van der Waals surface area contributed by atoms with Crippen molar-refractivity contribution in [1.29, 1.82) is 0 Å². The van der Waals surface area contributed by atoms with Crippen molar-refractivity contribution in [2.24, 2.45) is 0 Å². The summed E-state index contributed by atoms with van der Waals surface area (Å²) in [6.45, 7) is 4.23. The third kappa shape index (κ3) is 2.56. The minimum atomic E-state index is -0.175. The zero-order chi connectivity index (χ0) is 14.9. The van der Waals surface area contributed by atoms with Gasteiger partial charge in [-0.1, -0.05) is 65.7 Å². The molecule has 0 saturated heterocycles. The van der Waals surface area contributed by atoms with Gasteiger partial charge in [0.05, 0.1) is 0 Å². The van der Waals surface area contributed by atoms with Crippen LogP contribution < -0.4 is 0 Å². The third-order valence-corrected chi connectivity index (χ3v) is 4.39. The highest BCUT2D eigenvalue weighted by Gasteiger charge is 2.34. The summed E-state index contributed by atoms with van der Waals surface area (Å²) in [5.41, 5.74) is 4.88. The van der Waals surface area contributed by atoms with Crippen LogP contribution in [0, 0.1) is 13.8 Å². The number of carbonyl (C=O) groups excluding carboxylic acids is 1. The minimum absolute atomic E-state index is 0.175. The van der Waals surface area contributed by atoms with Gasteiger partial charge in [0, 0.05) is 11.8 Å². The summed E-state index contributed by atoms with van der Waals surface area (Å²) in [7, 11) is 0. The maximum absolute atomic E-state index is 11.7. The fourth-order valence-corrected chi connectivity index (χ4v) is 3.22. The van der Waals surface area contributed by atoms with E-state index in [4.69, 9.17) is 0 Å². The zero-order valence-electron chi connectivity index (χ0n) is 12.6. The van der Waals surface area contributed by atoms with Gasteiger partial charge in [-0.25, -0.2) is 0 Å². The summed E-state index contributed by atoms with van der Waals surface area (Å²) in [5.74, 6) is 0.228. The summed E-state index contributed by atoms with van der Waals surface area (Å²) >= 11 is 0. The average Bonchev–Trinajstić information content (AvgIpc) is 2.48. The quantitative estimate of drug-likeness (QED) is 0.788. The molecule has 1 aliphatic rings. The molecular weight excluding hydrogens is 256 g/mol. The molecule has 2 aromatic carbocycles. The second-order valence-electron chi connectivity index (χ2n) is 6.01. The van der Waals surface area contributed by atoms with Crippen LogP contribution in [0.5, 0.6) is 0 Å². The van der Waals surface area contributed by atoms with Gasteiger partial charge < -0.3 is 0 Å². The Kier molecular flexibility index (Phi) is 3.50. The van der Waals surface area contributed by atoms with Gasteiger partial charge in [0.2, 0.25) is 0 Å². The second-order valence-corrected chi connectivity index (χ2v) is 6.01. The Hall–Kier alpha value is -2.15. The molecule has 1 heteroatoms. The number of allylic oxidation sites excluding steroid dienone is 2. The maximum Gasteiger partial charge on any atom is 0.155 e. The highest BCUT2D eigenvalue weighted by Crippen LogP contribution is 2.41. The molecule has 0 aliphatic heterocycles. The summed E-state index contributed by atoms with van der Waals surface area (Å²) in [6, 6.07) is 17.3. The smallest absolute Gasteiger partial charge is 0.155 e. The Morgan fingerprint density at radius 1 is 0.905 bits per heavy atom. The molecule has 1 nitrogen and oxygen atoms in total. The normalized spacial score (nSPS) is 17.0. The molecule has 21 heavy (non-hydrogen) atoms. The first-order valence-electron chi connectivity index (χ1n) is 7.46. The SMILES string of the molecule is Cc1cccc(C2(c3cccc(C)c3)C=CC(=O)CC2)c1. The molecule has 0 unspecified atom stereocenters. The molecular formula is C20H20O. The highest BCUT2D eigenvalue weighted by atomic mass is 16.1. The number of benzene rings is 2. The van der Waals surface area contributed by atoms with E-state index in [2.05, 4.69) is 68.5 Å². The molecule has 0 amide bonds. The van der Waals surface area contributed by atoms with Crippen molar-refractivity contribution in [3.63, 3.8) is 0 Å². The average molecular weight is 276 g/mol. The first kappa shape index (κ1) is 13.8. The fourth-order valence-electron chi connectivity index (χ4n) is 3.22. The van der Waals surface area contributed by atoms with Crippen molar-refractivity contribution in [3.05, 3.63) is 82.9 Å². The van der Waals surface area contributed by atoms with Crippen LogP contribution in [0.25, 0.3) is 0 Å². The number of aryl methyl sites for hydroxylation is 2. The largest absolute Gasteiger partial charge is 0.295 e. The van der Waals surface area contributed by atoms with Crippen molar-refractivity contribution >= 4 is 5.78 Å². The van der Waals surface area contributed by atoms with Gasteiger partial charge in [0.15, 0.2) is 5.78 Å². The van der Waals surface area contributed by atoms with Gasteiger partial charge in [0.25, 0.3) is 0 Å². The van der Waals surface area contributed by atoms with E-state index in [1.165, 1.54) is 22.3 Å². The van der Waals surface area contributed by atoms with Crippen LogP contribution in [0.15, 0.2) is 60.7 Å². The second kappa shape index (κ2) is 5.33. The molecule has 0 atom stereocenters. The molecule has 0 aromatic heterocycles. The van der Waals surface area contributed by atoms with E-state index in [-0.39, 0.29) is 11.2 Å². The highest BCUT2D eigenvalue weighted by molar-refractivity contribution is 5.91. The Balaban J connectivity index is 2.21. The molecule has 3 rings (SSSR count). The number of hydrogen-bond acceptors (Lipinski definition) is 1. The zero-order valence-corrected chi connectivity index (χ0v) is 12.6. The van der Waals surface area contributed by atoms with E-state index in [1.54, 1.807) is 6.08 Å². The number of ketones is 1. The Morgan fingerprint density at radius 3 is 1.90 bits per heavy atom. The van der Waals surface area contributed by atoms with Crippen molar-refractivity contribution in [2.45, 2.75) is 32.1 Å².